The maximum absolute atomic E-state index is 6.12. The molecule has 1 unspecified atom stereocenters. The minimum Gasteiger partial charge on any atom is -0.497 e. The van der Waals surface area contributed by atoms with Crippen molar-refractivity contribution in [3.05, 3.63) is 65.0 Å². The number of ether oxygens (including phenoxy) is 4. The predicted molar refractivity (Wildman–Crippen MR) is 160 cm³/mol. The van der Waals surface area contributed by atoms with Crippen molar-refractivity contribution in [1.29, 1.82) is 0 Å². The molecule has 0 aliphatic carbocycles. The van der Waals surface area contributed by atoms with Gasteiger partial charge >= 0.3 is 0 Å². The molecule has 2 aromatic rings. The molecule has 0 aromatic heterocycles. The fourth-order valence-electron chi connectivity index (χ4n) is 4.88. The van der Waals surface area contributed by atoms with Crippen molar-refractivity contribution in [2.45, 2.75) is 92.0 Å². The van der Waals surface area contributed by atoms with Crippen molar-refractivity contribution in [3.8, 4) is 11.5 Å². The van der Waals surface area contributed by atoms with Crippen LogP contribution in [-0.4, -0.2) is 44.2 Å². The van der Waals surface area contributed by atoms with Crippen LogP contribution in [0.5, 0.6) is 11.5 Å². The summed E-state index contributed by atoms with van der Waals surface area (Å²) in [7, 11) is 3.35. The van der Waals surface area contributed by atoms with E-state index in [-0.39, 0.29) is 0 Å². The Morgan fingerprint density at radius 2 is 1.62 bits per heavy atom. The zero-order valence-electron chi connectivity index (χ0n) is 25.4. The molecule has 6 heteroatoms. The first-order chi connectivity index (χ1) is 18.7. The summed E-state index contributed by atoms with van der Waals surface area (Å²) in [4.78, 5) is 2.48. The smallest absolute Gasteiger partial charge is 0.163 e. The molecule has 0 saturated carbocycles. The van der Waals surface area contributed by atoms with Crippen molar-refractivity contribution in [1.82, 2.24) is 4.90 Å². The Balaban J connectivity index is 2.02. The van der Waals surface area contributed by atoms with Crippen LogP contribution in [0, 0.1) is 5.92 Å². The highest BCUT2D eigenvalue weighted by Gasteiger charge is 2.30. The number of rotatable bonds is 14. The van der Waals surface area contributed by atoms with E-state index in [4.69, 9.17) is 18.9 Å². The number of anilines is 1. The van der Waals surface area contributed by atoms with Crippen LogP contribution in [0.2, 0.25) is 0 Å². The molecule has 6 nitrogen and oxygen atoms in total. The summed E-state index contributed by atoms with van der Waals surface area (Å²) in [6.07, 6.45) is 5.82. The maximum Gasteiger partial charge on any atom is 0.163 e. The van der Waals surface area contributed by atoms with Gasteiger partial charge in [-0.05, 0) is 62.8 Å². The largest absolute Gasteiger partial charge is 0.497 e. The molecule has 1 aliphatic heterocycles. The summed E-state index contributed by atoms with van der Waals surface area (Å²) in [6, 6.07) is 15.3. The van der Waals surface area contributed by atoms with Crippen LogP contribution in [0.15, 0.2) is 53.9 Å². The third-order valence-corrected chi connectivity index (χ3v) is 7.25. The first-order valence-corrected chi connectivity index (χ1v) is 14.5. The molecular formula is C33H50N2O4. The van der Waals surface area contributed by atoms with E-state index in [1.54, 1.807) is 14.2 Å². The second-order valence-corrected chi connectivity index (χ2v) is 11.5. The lowest BCUT2D eigenvalue weighted by Gasteiger charge is -2.39. The molecule has 1 aliphatic rings. The van der Waals surface area contributed by atoms with Gasteiger partial charge in [0.25, 0.3) is 0 Å². The fraction of sp³-hybridized carbons (Fsp3) is 0.576. The zero-order valence-corrected chi connectivity index (χ0v) is 25.4. The molecule has 1 fully saturated rings. The van der Waals surface area contributed by atoms with Crippen molar-refractivity contribution < 1.29 is 18.9 Å². The van der Waals surface area contributed by atoms with Crippen molar-refractivity contribution in [3.63, 3.8) is 0 Å². The number of unbranched alkanes of at least 4 members (excludes halogenated alkanes) is 2. The van der Waals surface area contributed by atoms with Gasteiger partial charge in [0.15, 0.2) is 5.79 Å². The average molecular weight is 539 g/mol. The van der Waals surface area contributed by atoms with E-state index in [1.165, 1.54) is 30.4 Å². The van der Waals surface area contributed by atoms with Gasteiger partial charge in [0.1, 0.15) is 17.3 Å². The van der Waals surface area contributed by atoms with Crippen LogP contribution in [0.3, 0.4) is 0 Å². The lowest BCUT2D eigenvalue weighted by Crippen LogP contribution is -2.41. The van der Waals surface area contributed by atoms with Crippen LogP contribution >= 0.6 is 0 Å². The van der Waals surface area contributed by atoms with Crippen LogP contribution in [0.1, 0.15) is 78.4 Å². The van der Waals surface area contributed by atoms with Gasteiger partial charge in [-0.2, -0.15) is 0 Å². The minimum absolute atomic E-state index is 0.307. The van der Waals surface area contributed by atoms with E-state index >= 15 is 0 Å². The first kappa shape index (κ1) is 30.8. The summed E-state index contributed by atoms with van der Waals surface area (Å²) in [6.45, 7) is 14.8. The Kier molecular flexibility index (Phi) is 11.6. The third-order valence-electron chi connectivity index (χ3n) is 7.25. The highest BCUT2D eigenvalue weighted by atomic mass is 16.7. The molecule has 1 N–H and O–H groups in total. The van der Waals surface area contributed by atoms with E-state index < -0.39 is 5.79 Å². The van der Waals surface area contributed by atoms with E-state index in [2.05, 4.69) is 62.2 Å². The van der Waals surface area contributed by atoms with Crippen molar-refractivity contribution in [2.24, 2.45) is 5.92 Å². The lowest BCUT2D eigenvalue weighted by atomic mass is 10.0. The number of methoxy groups -OCH3 is 2. The molecular weight excluding hydrogens is 488 g/mol. The first-order valence-electron chi connectivity index (χ1n) is 14.5. The molecule has 0 amide bonds. The third kappa shape index (κ3) is 9.18. The van der Waals surface area contributed by atoms with Crippen LogP contribution in [-0.2, 0) is 22.4 Å². The van der Waals surface area contributed by atoms with Gasteiger partial charge in [0.2, 0.25) is 0 Å². The van der Waals surface area contributed by atoms with Gasteiger partial charge in [0.05, 0.1) is 33.1 Å². The molecule has 0 spiro atoms. The maximum atomic E-state index is 6.12. The highest BCUT2D eigenvalue weighted by Crippen LogP contribution is 2.34. The van der Waals surface area contributed by atoms with Gasteiger partial charge in [0, 0.05) is 24.2 Å². The Morgan fingerprint density at radius 3 is 2.21 bits per heavy atom. The molecule has 2 aromatic carbocycles. The number of nitrogens with one attached hydrogen (secondary N) is 1. The van der Waals surface area contributed by atoms with Crippen LogP contribution in [0.25, 0.3) is 0 Å². The summed E-state index contributed by atoms with van der Waals surface area (Å²) >= 11 is 0. The van der Waals surface area contributed by atoms with Crippen molar-refractivity contribution >= 4 is 5.69 Å². The molecule has 1 atom stereocenters. The molecule has 216 valence electrons. The Hall–Kier alpha value is -2.70. The van der Waals surface area contributed by atoms with E-state index in [0.29, 0.717) is 25.2 Å². The number of hydrogen-bond donors (Lipinski definition) is 1. The Bertz CT molecular complexity index is 1050. The van der Waals surface area contributed by atoms with Gasteiger partial charge in [-0.1, -0.05) is 64.3 Å². The lowest BCUT2D eigenvalue weighted by molar-refractivity contribution is -0.226. The summed E-state index contributed by atoms with van der Waals surface area (Å²) in [5.41, 5.74) is 4.63. The summed E-state index contributed by atoms with van der Waals surface area (Å²) < 4.78 is 23.4. The van der Waals surface area contributed by atoms with Gasteiger partial charge in [-0.25, -0.2) is 0 Å². The molecule has 39 heavy (non-hydrogen) atoms. The standard InChI is InChI=1S/C33H50N2O4/c1-9-10-11-12-25(4)35(21-27-15-13-26(14-16-27)19-24(2)3)32(28-22-38-33(5,6)39-23-28)34-30-18-17-29(36-7)20-31(30)37-8/h13-18,20,24-25,34H,9-12,19,21-23H2,1-8H3. The SMILES string of the molecule is CCCCCC(C)N(Cc1ccc(CC(C)C)cc1)C(Nc1ccc(OC)cc1OC)=C1COC(C)(C)OC1. The van der Waals surface area contributed by atoms with E-state index in [1.807, 2.05) is 32.0 Å². The quantitative estimate of drug-likeness (QED) is 0.248. The molecule has 1 saturated heterocycles. The Labute approximate surface area is 236 Å². The van der Waals surface area contributed by atoms with Gasteiger partial charge in [-0.15, -0.1) is 0 Å². The Morgan fingerprint density at radius 1 is 0.949 bits per heavy atom. The number of benzene rings is 2. The topological polar surface area (TPSA) is 52.2 Å². The van der Waals surface area contributed by atoms with Crippen LogP contribution < -0.4 is 14.8 Å². The van der Waals surface area contributed by atoms with E-state index in [0.717, 1.165) is 48.0 Å². The second kappa shape index (κ2) is 14.6. The predicted octanol–water partition coefficient (Wildman–Crippen LogP) is 7.78. The van der Waals surface area contributed by atoms with Gasteiger partial charge < -0.3 is 29.2 Å². The van der Waals surface area contributed by atoms with Crippen molar-refractivity contribution in [2.75, 3.05) is 32.8 Å². The zero-order chi connectivity index (χ0) is 28.4. The number of nitrogens with zero attached hydrogens (tertiary/aromatic N) is 1. The summed E-state index contributed by atoms with van der Waals surface area (Å²) in [5, 5.41) is 3.74. The molecule has 0 bridgehead atoms. The monoisotopic (exact) mass is 538 g/mol. The molecule has 0 radical (unpaired) electrons. The van der Waals surface area contributed by atoms with Gasteiger partial charge in [-0.3, -0.25) is 0 Å². The minimum atomic E-state index is -0.601. The average Bonchev–Trinajstić information content (AvgIpc) is 2.91. The normalized spacial score (nSPS) is 15.7. The number of hydrogen-bond acceptors (Lipinski definition) is 6. The molecule has 3 rings (SSSR count). The summed E-state index contributed by atoms with van der Waals surface area (Å²) in [5.74, 6) is 2.53. The second-order valence-electron chi connectivity index (χ2n) is 11.5. The van der Waals surface area contributed by atoms with E-state index in [9.17, 15) is 0 Å². The molecule has 1 heterocycles. The fourth-order valence-corrected chi connectivity index (χ4v) is 4.88. The van der Waals surface area contributed by atoms with Crippen LogP contribution in [0.4, 0.5) is 5.69 Å². The highest BCUT2D eigenvalue weighted by molar-refractivity contribution is 5.62.